The lowest BCUT2D eigenvalue weighted by Crippen LogP contribution is -2.32. The number of amides is 4. The third-order valence-electron chi connectivity index (χ3n) is 3.49. The number of nitrogens with one attached hydrogen (secondary N) is 2. The first-order valence-electron chi connectivity index (χ1n) is 7.23. The van der Waals surface area contributed by atoms with E-state index in [4.69, 9.17) is 5.11 Å². The van der Waals surface area contributed by atoms with Crippen LogP contribution in [0.2, 0.25) is 0 Å². The smallest absolute Gasteiger partial charge is 0.406 e. The SMILES string of the molecule is COC(=O)NCCCC1NC(=O)N(c2cccc(C(=O)O)c2)C1=O. The molecule has 3 N–H and O–H groups in total. The molecule has 0 radical (unpaired) electrons. The second kappa shape index (κ2) is 7.44. The van der Waals surface area contributed by atoms with Crippen LogP contribution < -0.4 is 15.5 Å². The molecule has 24 heavy (non-hydrogen) atoms. The van der Waals surface area contributed by atoms with Gasteiger partial charge in [0, 0.05) is 6.54 Å². The predicted octanol–water partition coefficient (Wildman–Crippen LogP) is 0.946. The van der Waals surface area contributed by atoms with Crippen molar-refractivity contribution in [2.45, 2.75) is 18.9 Å². The van der Waals surface area contributed by atoms with Crippen LogP contribution in [0.1, 0.15) is 23.2 Å². The van der Waals surface area contributed by atoms with Gasteiger partial charge in [0.25, 0.3) is 5.91 Å². The van der Waals surface area contributed by atoms with Crippen LogP contribution in [0, 0.1) is 0 Å². The number of hydrogen-bond donors (Lipinski definition) is 3. The average Bonchev–Trinajstić information content (AvgIpc) is 2.85. The summed E-state index contributed by atoms with van der Waals surface area (Å²) in [5.74, 6) is -1.60. The molecular weight excluding hydrogens is 318 g/mol. The quantitative estimate of drug-likeness (QED) is 0.525. The number of carboxylic acid groups (broad SMARTS) is 1. The van der Waals surface area contributed by atoms with E-state index in [1.54, 1.807) is 0 Å². The predicted molar refractivity (Wildman–Crippen MR) is 82.8 cm³/mol. The van der Waals surface area contributed by atoms with E-state index in [0.29, 0.717) is 19.4 Å². The molecule has 2 rings (SSSR count). The maximum absolute atomic E-state index is 12.4. The van der Waals surface area contributed by atoms with E-state index in [1.165, 1.54) is 31.4 Å². The van der Waals surface area contributed by atoms with Gasteiger partial charge >= 0.3 is 18.1 Å². The lowest BCUT2D eigenvalue weighted by atomic mass is 10.1. The number of ether oxygens (including phenoxy) is 1. The number of alkyl carbamates (subject to hydrolysis) is 1. The summed E-state index contributed by atoms with van der Waals surface area (Å²) in [6.45, 7) is 0.306. The number of imide groups is 1. The third kappa shape index (κ3) is 3.80. The first kappa shape index (κ1) is 17.3. The molecule has 0 aromatic heterocycles. The summed E-state index contributed by atoms with van der Waals surface area (Å²) < 4.78 is 4.42. The number of rotatable bonds is 6. The summed E-state index contributed by atoms with van der Waals surface area (Å²) in [5.41, 5.74) is 0.186. The van der Waals surface area contributed by atoms with Crippen molar-refractivity contribution < 1.29 is 29.0 Å². The summed E-state index contributed by atoms with van der Waals surface area (Å²) in [7, 11) is 1.25. The molecule has 0 bridgehead atoms. The molecule has 1 heterocycles. The summed E-state index contributed by atoms with van der Waals surface area (Å²) in [5, 5.41) is 14.0. The van der Waals surface area contributed by atoms with Crippen LogP contribution in [0.3, 0.4) is 0 Å². The Kier molecular flexibility index (Phi) is 5.35. The highest BCUT2D eigenvalue weighted by molar-refractivity contribution is 6.21. The molecule has 9 nitrogen and oxygen atoms in total. The van der Waals surface area contributed by atoms with Gasteiger partial charge in [-0.05, 0) is 31.0 Å². The molecule has 0 aliphatic carbocycles. The first-order valence-corrected chi connectivity index (χ1v) is 7.23. The fourth-order valence-corrected chi connectivity index (χ4v) is 2.32. The molecule has 0 saturated carbocycles. The molecule has 1 aromatic carbocycles. The molecule has 4 amide bonds. The average molecular weight is 335 g/mol. The van der Waals surface area contributed by atoms with Crippen LogP contribution in [-0.4, -0.2) is 48.8 Å². The summed E-state index contributed by atoms with van der Waals surface area (Å²) >= 11 is 0. The molecular formula is C15H17N3O6. The Hall–Kier alpha value is -3.10. The Bertz CT molecular complexity index is 675. The van der Waals surface area contributed by atoms with Gasteiger partial charge in [0.15, 0.2) is 0 Å². The van der Waals surface area contributed by atoms with Gasteiger partial charge in [0.1, 0.15) is 6.04 Å². The number of nitrogens with zero attached hydrogens (tertiary/aromatic N) is 1. The zero-order chi connectivity index (χ0) is 17.7. The summed E-state index contributed by atoms with van der Waals surface area (Å²) in [6.07, 6.45) is 0.238. The van der Waals surface area contributed by atoms with Crippen molar-refractivity contribution >= 4 is 29.7 Å². The largest absolute Gasteiger partial charge is 0.478 e. The van der Waals surface area contributed by atoms with Gasteiger partial charge in [-0.2, -0.15) is 0 Å². The number of carboxylic acids is 1. The second-order valence-electron chi connectivity index (χ2n) is 5.09. The van der Waals surface area contributed by atoms with Crippen molar-refractivity contribution in [3.63, 3.8) is 0 Å². The van der Waals surface area contributed by atoms with Gasteiger partial charge in [0.05, 0.1) is 18.4 Å². The molecule has 128 valence electrons. The molecule has 1 atom stereocenters. The number of methoxy groups -OCH3 is 1. The number of carbonyl (C=O) groups is 4. The second-order valence-corrected chi connectivity index (χ2v) is 5.09. The van der Waals surface area contributed by atoms with Crippen molar-refractivity contribution in [2.24, 2.45) is 0 Å². The van der Waals surface area contributed by atoms with E-state index < -0.39 is 30.0 Å². The highest BCUT2D eigenvalue weighted by atomic mass is 16.5. The van der Waals surface area contributed by atoms with Crippen molar-refractivity contribution in [3.8, 4) is 0 Å². The molecule has 1 aliphatic rings. The van der Waals surface area contributed by atoms with E-state index in [1.807, 2.05) is 0 Å². The Balaban J connectivity index is 2.00. The molecule has 1 saturated heterocycles. The number of aromatic carboxylic acids is 1. The number of benzene rings is 1. The lowest BCUT2D eigenvalue weighted by molar-refractivity contribution is -0.118. The zero-order valence-electron chi connectivity index (χ0n) is 12.9. The fraction of sp³-hybridized carbons (Fsp3) is 0.333. The van der Waals surface area contributed by atoms with E-state index in [0.717, 1.165) is 4.90 Å². The maximum atomic E-state index is 12.4. The van der Waals surface area contributed by atoms with Crippen LogP contribution in [0.15, 0.2) is 24.3 Å². The van der Waals surface area contributed by atoms with Gasteiger partial charge in [0.2, 0.25) is 0 Å². The van der Waals surface area contributed by atoms with Crippen LogP contribution in [0.4, 0.5) is 15.3 Å². The first-order chi connectivity index (χ1) is 11.4. The maximum Gasteiger partial charge on any atom is 0.406 e. The number of urea groups is 1. The zero-order valence-corrected chi connectivity index (χ0v) is 12.9. The third-order valence-corrected chi connectivity index (χ3v) is 3.49. The van der Waals surface area contributed by atoms with Gasteiger partial charge < -0.3 is 20.5 Å². The Morgan fingerprint density at radius 3 is 2.79 bits per heavy atom. The van der Waals surface area contributed by atoms with Crippen LogP contribution in [-0.2, 0) is 9.53 Å². The minimum atomic E-state index is -1.14. The fourth-order valence-electron chi connectivity index (χ4n) is 2.32. The monoisotopic (exact) mass is 335 g/mol. The van der Waals surface area contributed by atoms with Gasteiger partial charge in [-0.3, -0.25) is 4.79 Å². The minimum absolute atomic E-state index is 0.0150. The van der Waals surface area contributed by atoms with Gasteiger partial charge in [-0.1, -0.05) is 6.07 Å². The van der Waals surface area contributed by atoms with Gasteiger partial charge in [-0.15, -0.1) is 0 Å². The Morgan fingerprint density at radius 1 is 1.38 bits per heavy atom. The highest BCUT2D eigenvalue weighted by Gasteiger charge is 2.38. The van der Waals surface area contributed by atoms with Crippen molar-refractivity contribution in [1.82, 2.24) is 10.6 Å². The molecule has 1 aliphatic heterocycles. The normalized spacial score (nSPS) is 16.7. The van der Waals surface area contributed by atoms with E-state index in [-0.39, 0.29) is 11.3 Å². The standard InChI is InChI=1S/C15H17N3O6/c1-24-15(23)16-7-3-6-11-12(19)18(14(22)17-11)10-5-2-4-9(8-10)13(20)21/h2,4-5,8,11H,3,6-7H2,1H3,(H,16,23)(H,17,22)(H,20,21). The van der Waals surface area contributed by atoms with Crippen molar-refractivity contribution in [3.05, 3.63) is 29.8 Å². The number of hydrogen-bond acceptors (Lipinski definition) is 5. The van der Waals surface area contributed by atoms with Crippen LogP contribution in [0.25, 0.3) is 0 Å². The topological polar surface area (TPSA) is 125 Å². The Labute approximate surface area is 137 Å². The van der Waals surface area contributed by atoms with Gasteiger partial charge in [-0.25, -0.2) is 19.3 Å². The van der Waals surface area contributed by atoms with Crippen molar-refractivity contribution in [1.29, 1.82) is 0 Å². The van der Waals surface area contributed by atoms with E-state index >= 15 is 0 Å². The van der Waals surface area contributed by atoms with E-state index in [2.05, 4.69) is 15.4 Å². The van der Waals surface area contributed by atoms with Crippen LogP contribution >= 0.6 is 0 Å². The molecule has 0 spiro atoms. The summed E-state index contributed by atoms with van der Waals surface area (Å²) in [4.78, 5) is 47.2. The Morgan fingerprint density at radius 2 is 2.12 bits per heavy atom. The molecule has 1 aromatic rings. The minimum Gasteiger partial charge on any atom is -0.478 e. The highest BCUT2D eigenvalue weighted by Crippen LogP contribution is 2.22. The summed E-state index contributed by atoms with van der Waals surface area (Å²) in [6, 6.07) is 4.28. The van der Waals surface area contributed by atoms with Crippen LogP contribution in [0.5, 0.6) is 0 Å². The molecule has 1 unspecified atom stereocenters. The molecule has 1 fully saturated rings. The number of carbonyl (C=O) groups excluding carboxylic acids is 3. The number of anilines is 1. The van der Waals surface area contributed by atoms with E-state index in [9.17, 15) is 19.2 Å². The lowest BCUT2D eigenvalue weighted by Gasteiger charge is -2.13. The molecule has 9 heteroatoms. The van der Waals surface area contributed by atoms with Crippen molar-refractivity contribution in [2.75, 3.05) is 18.6 Å².